The molecule has 0 saturated carbocycles. The molecular formula is C17H20F2N6O3S. The zero-order valence-corrected chi connectivity index (χ0v) is 16.1. The molecular weight excluding hydrogens is 406 g/mol. The first-order chi connectivity index (χ1) is 13.6. The fraction of sp³-hybridized carbons (Fsp3) is 0.353. The zero-order valence-electron chi connectivity index (χ0n) is 15.3. The van der Waals surface area contributed by atoms with E-state index < -0.39 is 33.2 Å². The van der Waals surface area contributed by atoms with Gasteiger partial charge in [0, 0.05) is 37.4 Å². The molecule has 0 aliphatic carbocycles. The molecule has 0 bridgehead atoms. The van der Waals surface area contributed by atoms with Gasteiger partial charge >= 0.3 is 0 Å². The molecule has 2 heterocycles. The smallest absolute Gasteiger partial charge is 0.276 e. The van der Waals surface area contributed by atoms with E-state index in [4.69, 9.17) is 10.9 Å². The lowest BCUT2D eigenvalue weighted by Gasteiger charge is -2.41. The molecule has 0 unspecified atom stereocenters. The monoisotopic (exact) mass is 426 g/mol. The third-order valence-electron chi connectivity index (χ3n) is 5.09. The lowest BCUT2D eigenvalue weighted by atomic mass is 9.72. The Morgan fingerprint density at radius 1 is 1.21 bits per heavy atom. The highest BCUT2D eigenvalue weighted by atomic mass is 32.2. The van der Waals surface area contributed by atoms with Gasteiger partial charge in [0.2, 0.25) is 0 Å². The van der Waals surface area contributed by atoms with Crippen LogP contribution in [0.15, 0.2) is 30.6 Å². The number of carbonyl (C=O) groups excluding carboxylic acids is 1. The summed E-state index contributed by atoms with van der Waals surface area (Å²) in [5.41, 5.74) is 4.57. The second kappa shape index (κ2) is 7.97. The number of nitrogens with two attached hydrogens (primary N) is 2. The lowest BCUT2D eigenvalue weighted by molar-refractivity contribution is 0.0927. The standard InChI is InChI=1S/C17H20F2N6O3S/c18-12-3-1-2-11(13(12)19)17(4-8-25(9-5-17)29(21,27)28)10-24-16(26)14-15(20)23-7-6-22-14/h1-3,6-7H,4-5,8-10H2,(H2,20,23)(H,24,26)(H2,21,27,28). The Bertz CT molecular complexity index is 1030. The number of hydrogen-bond acceptors (Lipinski definition) is 6. The fourth-order valence-corrected chi connectivity index (χ4v) is 4.17. The maximum atomic E-state index is 14.6. The Labute approximate surface area is 166 Å². The van der Waals surface area contributed by atoms with Crippen LogP contribution in [0.2, 0.25) is 0 Å². The van der Waals surface area contributed by atoms with Gasteiger partial charge < -0.3 is 11.1 Å². The third kappa shape index (κ3) is 4.33. The van der Waals surface area contributed by atoms with Crippen molar-refractivity contribution in [2.45, 2.75) is 18.3 Å². The van der Waals surface area contributed by atoms with Gasteiger partial charge in [-0.1, -0.05) is 12.1 Å². The number of aromatic nitrogens is 2. The number of nitrogens with one attached hydrogen (secondary N) is 1. The number of amides is 1. The molecule has 1 aromatic carbocycles. The molecule has 1 fully saturated rings. The highest BCUT2D eigenvalue weighted by molar-refractivity contribution is 7.86. The van der Waals surface area contributed by atoms with Crippen LogP contribution in [-0.4, -0.2) is 48.2 Å². The first kappa shape index (κ1) is 21.0. The first-order valence-corrected chi connectivity index (χ1v) is 10.2. The molecule has 0 spiro atoms. The van der Waals surface area contributed by atoms with E-state index in [0.717, 1.165) is 10.4 Å². The van der Waals surface area contributed by atoms with E-state index in [-0.39, 0.29) is 49.6 Å². The predicted molar refractivity (Wildman–Crippen MR) is 101 cm³/mol. The molecule has 1 saturated heterocycles. The fourth-order valence-electron chi connectivity index (χ4n) is 3.48. The van der Waals surface area contributed by atoms with Crippen molar-refractivity contribution < 1.29 is 22.0 Å². The SMILES string of the molecule is Nc1nccnc1C(=O)NCC1(c2cccc(F)c2F)CCN(S(N)(=O)=O)CC1. The summed E-state index contributed by atoms with van der Waals surface area (Å²) >= 11 is 0. The topological polar surface area (TPSA) is 144 Å². The molecule has 1 aromatic heterocycles. The van der Waals surface area contributed by atoms with Crippen LogP contribution in [-0.2, 0) is 15.6 Å². The van der Waals surface area contributed by atoms with Crippen LogP contribution >= 0.6 is 0 Å². The van der Waals surface area contributed by atoms with Gasteiger partial charge in [-0.25, -0.2) is 23.9 Å². The van der Waals surface area contributed by atoms with Crippen LogP contribution in [0.4, 0.5) is 14.6 Å². The van der Waals surface area contributed by atoms with Crippen molar-refractivity contribution in [1.29, 1.82) is 0 Å². The van der Waals surface area contributed by atoms with Gasteiger partial charge in [-0.15, -0.1) is 0 Å². The third-order valence-corrected chi connectivity index (χ3v) is 6.18. The maximum absolute atomic E-state index is 14.6. The molecule has 5 N–H and O–H groups in total. The van der Waals surface area contributed by atoms with E-state index in [1.165, 1.54) is 24.5 Å². The largest absolute Gasteiger partial charge is 0.382 e. The highest BCUT2D eigenvalue weighted by Crippen LogP contribution is 2.37. The number of halogens is 2. The molecule has 29 heavy (non-hydrogen) atoms. The summed E-state index contributed by atoms with van der Waals surface area (Å²) in [6, 6.07) is 3.78. The number of piperidine rings is 1. The van der Waals surface area contributed by atoms with Crippen LogP contribution in [0, 0.1) is 11.6 Å². The molecule has 0 radical (unpaired) electrons. The minimum atomic E-state index is -3.91. The molecule has 1 amide bonds. The van der Waals surface area contributed by atoms with Gasteiger partial charge in [0.15, 0.2) is 23.1 Å². The van der Waals surface area contributed by atoms with Crippen molar-refractivity contribution in [2.24, 2.45) is 5.14 Å². The number of carbonyl (C=O) groups is 1. The second-order valence-corrected chi connectivity index (χ2v) is 8.34. The maximum Gasteiger partial charge on any atom is 0.276 e. The van der Waals surface area contributed by atoms with Crippen molar-refractivity contribution in [3.05, 3.63) is 53.5 Å². The quantitative estimate of drug-likeness (QED) is 0.627. The van der Waals surface area contributed by atoms with Crippen LogP contribution in [0.1, 0.15) is 28.9 Å². The predicted octanol–water partition coefficient (Wildman–Crippen LogP) is 0.304. The summed E-state index contributed by atoms with van der Waals surface area (Å²) in [7, 11) is -3.91. The number of nitrogens with zero attached hydrogens (tertiary/aromatic N) is 3. The molecule has 3 rings (SSSR count). The van der Waals surface area contributed by atoms with Crippen molar-refractivity contribution in [2.75, 3.05) is 25.4 Å². The minimum absolute atomic E-state index is 0.00205. The van der Waals surface area contributed by atoms with E-state index in [1.54, 1.807) is 0 Å². The number of rotatable bonds is 5. The summed E-state index contributed by atoms with van der Waals surface area (Å²) in [6.45, 7) is -0.0867. The first-order valence-electron chi connectivity index (χ1n) is 8.71. The van der Waals surface area contributed by atoms with E-state index in [0.29, 0.717) is 0 Å². The number of nitrogen functional groups attached to an aromatic ring is 1. The highest BCUT2D eigenvalue weighted by Gasteiger charge is 2.41. The second-order valence-electron chi connectivity index (χ2n) is 6.80. The van der Waals surface area contributed by atoms with Gasteiger partial charge in [0.25, 0.3) is 16.1 Å². The van der Waals surface area contributed by atoms with Gasteiger partial charge in [0.05, 0.1) is 0 Å². The van der Waals surface area contributed by atoms with Crippen LogP contribution < -0.4 is 16.2 Å². The van der Waals surface area contributed by atoms with Crippen molar-refractivity contribution in [3.8, 4) is 0 Å². The molecule has 1 aliphatic heterocycles. The van der Waals surface area contributed by atoms with Gasteiger partial charge in [-0.3, -0.25) is 4.79 Å². The zero-order chi connectivity index (χ0) is 21.2. The van der Waals surface area contributed by atoms with Gasteiger partial charge in [-0.05, 0) is 24.5 Å². The van der Waals surface area contributed by atoms with E-state index in [9.17, 15) is 22.0 Å². The van der Waals surface area contributed by atoms with E-state index in [1.807, 2.05) is 0 Å². The molecule has 156 valence electrons. The molecule has 12 heteroatoms. The van der Waals surface area contributed by atoms with Crippen LogP contribution in [0.5, 0.6) is 0 Å². The Morgan fingerprint density at radius 2 is 1.86 bits per heavy atom. The van der Waals surface area contributed by atoms with Gasteiger partial charge in [-0.2, -0.15) is 12.7 Å². The van der Waals surface area contributed by atoms with E-state index >= 15 is 0 Å². The minimum Gasteiger partial charge on any atom is -0.382 e. The molecule has 1 aliphatic rings. The normalized spacial score (nSPS) is 17.1. The summed E-state index contributed by atoms with van der Waals surface area (Å²) in [6.07, 6.45) is 2.89. The Morgan fingerprint density at radius 3 is 2.48 bits per heavy atom. The summed E-state index contributed by atoms with van der Waals surface area (Å²) in [5.74, 6) is -2.76. The van der Waals surface area contributed by atoms with Crippen LogP contribution in [0.25, 0.3) is 0 Å². The average Bonchev–Trinajstić information content (AvgIpc) is 2.68. The molecule has 0 atom stereocenters. The van der Waals surface area contributed by atoms with Crippen molar-refractivity contribution >= 4 is 21.9 Å². The van der Waals surface area contributed by atoms with E-state index in [2.05, 4.69) is 15.3 Å². The summed E-state index contributed by atoms with van der Waals surface area (Å²) < 4.78 is 52.7. The van der Waals surface area contributed by atoms with Crippen molar-refractivity contribution in [1.82, 2.24) is 19.6 Å². The number of hydrogen-bond donors (Lipinski definition) is 3. The average molecular weight is 426 g/mol. The lowest BCUT2D eigenvalue weighted by Crippen LogP contribution is -2.52. The Balaban J connectivity index is 1.89. The Kier molecular flexibility index (Phi) is 5.78. The molecule has 9 nitrogen and oxygen atoms in total. The Hall–Kier alpha value is -2.70. The number of benzene rings is 1. The summed E-state index contributed by atoms with van der Waals surface area (Å²) in [4.78, 5) is 20.1. The van der Waals surface area contributed by atoms with Crippen molar-refractivity contribution in [3.63, 3.8) is 0 Å². The number of anilines is 1. The van der Waals surface area contributed by atoms with Crippen LogP contribution in [0.3, 0.4) is 0 Å². The van der Waals surface area contributed by atoms with Gasteiger partial charge in [0.1, 0.15) is 0 Å². The molecule has 2 aromatic rings. The summed E-state index contributed by atoms with van der Waals surface area (Å²) in [5, 5.41) is 7.81.